The van der Waals surface area contributed by atoms with Crippen molar-refractivity contribution in [3.8, 4) is 5.75 Å². The molecule has 0 amide bonds. The minimum Gasteiger partial charge on any atom is -0.508 e. The van der Waals surface area contributed by atoms with Crippen molar-refractivity contribution in [1.29, 1.82) is 0 Å². The van der Waals surface area contributed by atoms with Crippen LogP contribution in [-0.4, -0.2) is 24.1 Å². The topological polar surface area (TPSA) is 23.5 Å². The monoisotopic (exact) mass is 276 g/mol. The summed E-state index contributed by atoms with van der Waals surface area (Å²) in [7, 11) is 4.07. The zero-order chi connectivity index (χ0) is 14.8. The quantitative estimate of drug-likeness (QED) is 0.781. The summed E-state index contributed by atoms with van der Waals surface area (Å²) in [5, 5.41) is 12.6. The molecule has 1 radical (unpaired) electrons. The van der Waals surface area contributed by atoms with Crippen molar-refractivity contribution in [3.63, 3.8) is 0 Å². The first kappa shape index (κ1) is 13.7. The Hall–Kier alpha value is -2.32. The van der Waals surface area contributed by atoms with Crippen LogP contribution in [0.25, 0.3) is 10.8 Å². The van der Waals surface area contributed by atoms with Crippen molar-refractivity contribution < 1.29 is 5.11 Å². The van der Waals surface area contributed by atoms with Crippen LogP contribution >= 0.6 is 0 Å². The van der Waals surface area contributed by atoms with E-state index < -0.39 is 0 Å². The molecule has 0 spiro atoms. The number of fused-ring (bicyclic) bond motifs is 1. The van der Waals surface area contributed by atoms with Gasteiger partial charge in [0, 0.05) is 5.56 Å². The third kappa shape index (κ3) is 2.50. The Kier molecular flexibility index (Phi) is 3.63. The van der Waals surface area contributed by atoms with E-state index >= 15 is 0 Å². The van der Waals surface area contributed by atoms with Crippen LogP contribution in [0.4, 0.5) is 0 Å². The van der Waals surface area contributed by atoms with Crippen molar-refractivity contribution in [2.75, 3.05) is 14.1 Å². The fourth-order valence-electron chi connectivity index (χ4n) is 2.87. The molecule has 0 fully saturated rings. The van der Waals surface area contributed by atoms with E-state index in [0.717, 1.165) is 21.9 Å². The normalized spacial score (nSPS) is 12.7. The van der Waals surface area contributed by atoms with Gasteiger partial charge >= 0.3 is 0 Å². The van der Waals surface area contributed by atoms with Gasteiger partial charge in [-0.3, -0.25) is 4.90 Å². The molecule has 0 aliphatic rings. The van der Waals surface area contributed by atoms with E-state index in [1.807, 2.05) is 56.6 Å². The zero-order valence-corrected chi connectivity index (χ0v) is 12.2. The van der Waals surface area contributed by atoms with Crippen LogP contribution in [0, 0.1) is 6.07 Å². The number of nitrogens with zero attached hydrogens (tertiary/aromatic N) is 1. The Balaban J connectivity index is 2.28. The average Bonchev–Trinajstić information content (AvgIpc) is 2.51. The molecular weight excluding hydrogens is 258 g/mol. The fraction of sp³-hybridized carbons (Fsp3) is 0.158. The van der Waals surface area contributed by atoms with Crippen LogP contribution in [0.3, 0.4) is 0 Å². The molecule has 1 atom stereocenters. The van der Waals surface area contributed by atoms with Gasteiger partial charge in [0.05, 0.1) is 6.04 Å². The smallest absolute Gasteiger partial charge is 0.121 e. The molecule has 2 nitrogen and oxygen atoms in total. The second-order valence-corrected chi connectivity index (χ2v) is 5.42. The summed E-state index contributed by atoms with van der Waals surface area (Å²) in [4.78, 5) is 2.13. The average molecular weight is 276 g/mol. The lowest BCUT2D eigenvalue weighted by Crippen LogP contribution is -2.21. The van der Waals surface area contributed by atoms with Crippen LogP contribution in [0.1, 0.15) is 17.2 Å². The van der Waals surface area contributed by atoms with Crippen molar-refractivity contribution in [2.24, 2.45) is 0 Å². The van der Waals surface area contributed by atoms with Gasteiger partial charge in [-0.05, 0) is 48.6 Å². The van der Waals surface area contributed by atoms with Crippen molar-refractivity contribution >= 4 is 10.8 Å². The second-order valence-electron chi connectivity index (χ2n) is 5.42. The number of hydrogen-bond acceptors (Lipinski definition) is 2. The summed E-state index contributed by atoms with van der Waals surface area (Å²) < 4.78 is 0. The summed E-state index contributed by atoms with van der Waals surface area (Å²) >= 11 is 0. The van der Waals surface area contributed by atoms with Gasteiger partial charge < -0.3 is 5.11 Å². The van der Waals surface area contributed by atoms with E-state index in [1.165, 1.54) is 0 Å². The van der Waals surface area contributed by atoms with E-state index in [9.17, 15) is 5.11 Å². The van der Waals surface area contributed by atoms with Gasteiger partial charge in [0.2, 0.25) is 0 Å². The zero-order valence-electron chi connectivity index (χ0n) is 12.2. The fourth-order valence-corrected chi connectivity index (χ4v) is 2.87. The van der Waals surface area contributed by atoms with Crippen LogP contribution < -0.4 is 0 Å². The standard InChI is InChI=1S/C19H18NO/c1-20(2)19(15-9-4-3-5-10-15)18-16-11-7-6-8-14(16)12-13-17(18)21/h3-5,7-13,19,21H,1-2H3. The molecule has 0 aromatic heterocycles. The third-order valence-electron chi connectivity index (χ3n) is 3.79. The highest BCUT2D eigenvalue weighted by molar-refractivity contribution is 5.88. The Morgan fingerprint density at radius 2 is 1.76 bits per heavy atom. The lowest BCUT2D eigenvalue weighted by molar-refractivity contribution is 0.333. The molecule has 0 heterocycles. The van der Waals surface area contributed by atoms with E-state index in [1.54, 1.807) is 6.07 Å². The molecule has 1 unspecified atom stereocenters. The molecular formula is C19H18NO. The predicted octanol–water partition coefficient (Wildman–Crippen LogP) is 4.00. The van der Waals surface area contributed by atoms with Crippen molar-refractivity contribution in [1.82, 2.24) is 4.90 Å². The van der Waals surface area contributed by atoms with Crippen LogP contribution in [0.15, 0.2) is 60.7 Å². The van der Waals surface area contributed by atoms with E-state index in [0.29, 0.717) is 5.75 Å². The highest BCUT2D eigenvalue weighted by Gasteiger charge is 2.22. The van der Waals surface area contributed by atoms with Crippen LogP contribution in [-0.2, 0) is 0 Å². The molecule has 3 aromatic carbocycles. The SMILES string of the molecule is CN(C)C(c1ccccc1)c1c(O)ccc2c[c]ccc12. The van der Waals surface area contributed by atoms with E-state index in [2.05, 4.69) is 23.1 Å². The third-order valence-corrected chi connectivity index (χ3v) is 3.79. The first-order valence-electron chi connectivity index (χ1n) is 7.01. The number of hydrogen-bond donors (Lipinski definition) is 1. The van der Waals surface area contributed by atoms with Gasteiger partial charge in [0.25, 0.3) is 0 Å². The van der Waals surface area contributed by atoms with E-state index in [4.69, 9.17) is 0 Å². The van der Waals surface area contributed by atoms with Crippen LogP contribution in [0.2, 0.25) is 0 Å². The van der Waals surface area contributed by atoms with Gasteiger partial charge in [0.15, 0.2) is 0 Å². The molecule has 2 heteroatoms. The molecule has 0 aliphatic heterocycles. The molecule has 0 saturated heterocycles. The van der Waals surface area contributed by atoms with Crippen molar-refractivity contribution in [2.45, 2.75) is 6.04 Å². The number of phenolic OH excluding ortho intramolecular Hbond substituents is 1. The Bertz CT molecular complexity index is 750. The summed E-state index contributed by atoms with van der Waals surface area (Å²) in [5.74, 6) is 0.330. The Morgan fingerprint density at radius 3 is 2.48 bits per heavy atom. The maximum absolute atomic E-state index is 10.5. The predicted molar refractivity (Wildman–Crippen MR) is 86.4 cm³/mol. The summed E-state index contributed by atoms with van der Waals surface area (Å²) in [5.41, 5.74) is 2.11. The van der Waals surface area contributed by atoms with Crippen LogP contribution in [0.5, 0.6) is 5.75 Å². The molecule has 21 heavy (non-hydrogen) atoms. The Labute approximate surface area is 125 Å². The number of rotatable bonds is 3. The molecule has 1 N–H and O–H groups in total. The number of benzene rings is 3. The first-order valence-corrected chi connectivity index (χ1v) is 7.01. The minimum absolute atomic E-state index is 0.0114. The molecule has 0 bridgehead atoms. The van der Waals surface area contributed by atoms with Crippen molar-refractivity contribution in [3.05, 3.63) is 77.9 Å². The molecule has 3 rings (SSSR count). The first-order chi connectivity index (χ1) is 10.2. The van der Waals surface area contributed by atoms with Gasteiger partial charge in [-0.15, -0.1) is 0 Å². The lowest BCUT2D eigenvalue weighted by atomic mass is 9.92. The summed E-state index contributed by atoms with van der Waals surface area (Å²) in [6.07, 6.45) is 0. The van der Waals surface area contributed by atoms with Gasteiger partial charge in [-0.25, -0.2) is 0 Å². The van der Waals surface area contributed by atoms with Gasteiger partial charge in [0.1, 0.15) is 5.75 Å². The minimum atomic E-state index is 0.0114. The summed E-state index contributed by atoms with van der Waals surface area (Å²) in [6.45, 7) is 0. The number of phenols is 1. The van der Waals surface area contributed by atoms with Gasteiger partial charge in [-0.2, -0.15) is 0 Å². The maximum Gasteiger partial charge on any atom is 0.121 e. The summed E-state index contributed by atoms with van der Waals surface area (Å²) in [6, 6.07) is 22.9. The molecule has 0 saturated carbocycles. The Morgan fingerprint density at radius 1 is 1.00 bits per heavy atom. The van der Waals surface area contributed by atoms with E-state index in [-0.39, 0.29) is 6.04 Å². The van der Waals surface area contributed by atoms with Gasteiger partial charge in [-0.1, -0.05) is 48.5 Å². The largest absolute Gasteiger partial charge is 0.508 e. The molecule has 105 valence electrons. The molecule has 0 aliphatic carbocycles. The highest BCUT2D eigenvalue weighted by Crippen LogP contribution is 2.37. The molecule has 3 aromatic rings. The second kappa shape index (κ2) is 5.58. The number of aromatic hydroxyl groups is 1. The highest BCUT2D eigenvalue weighted by atomic mass is 16.3. The lowest BCUT2D eigenvalue weighted by Gasteiger charge is -2.27. The maximum atomic E-state index is 10.5.